The first-order valence-electron chi connectivity index (χ1n) is 14.4. The Labute approximate surface area is 242 Å². The second kappa shape index (κ2) is 12.8. The summed E-state index contributed by atoms with van der Waals surface area (Å²) in [5.74, 6) is -1.79. The molecule has 1 atom stereocenters. The Balaban J connectivity index is 1.51. The van der Waals surface area contributed by atoms with Crippen LogP contribution in [0.4, 0.5) is 14.6 Å². The van der Waals surface area contributed by atoms with Gasteiger partial charge in [0.15, 0.2) is 5.78 Å². The first-order valence-corrected chi connectivity index (χ1v) is 14.4. The van der Waals surface area contributed by atoms with Gasteiger partial charge in [-0.05, 0) is 74.0 Å². The Hall–Kier alpha value is -4.12. The van der Waals surface area contributed by atoms with Crippen LogP contribution in [-0.4, -0.2) is 62.8 Å². The van der Waals surface area contributed by atoms with Crippen LogP contribution in [0.3, 0.4) is 0 Å². The number of carbonyl (C=O) groups is 2. The third kappa shape index (κ3) is 6.35. The average Bonchev–Trinajstić information content (AvgIpc) is 3.00. The van der Waals surface area contributed by atoms with Crippen molar-refractivity contribution in [1.82, 2.24) is 18.9 Å². The minimum Gasteiger partial charge on any atom is -0.384 e. The molecule has 3 heterocycles. The van der Waals surface area contributed by atoms with Crippen LogP contribution in [0.25, 0.3) is 0 Å². The van der Waals surface area contributed by atoms with Gasteiger partial charge in [-0.15, -0.1) is 0 Å². The van der Waals surface area contributed by atoms with Crippen molar-refractivity contribution in [1.29, 1.82) is 0 Å². The summed E-state index contributed by atoms with van der Waals surface area (Å²) in [5, 5.41) is 0. The van der Waals surface area contributed by atoms with Crippen LogP contribution in [0.1, 0.15) is 60.0 Å². The van der Waals surface area contributed by atoms with E-state index in [1.54, 1.807) is 0 Å². The molecule has 222 valence electrons. The topological polar surface area (TPSA) is 111 Å². The summed E-state index contributed by atoms with van der Waals surface area (Å²) < 4.78 is 29.1. The van der Waals surface area contributed by atoms with Crippen molar-refractivity contribution >= 4 is 17.5 Å². The van der Waals surface area contributed by atoms with E-state index in [1.807, 2.05) is 9.80 Å². The number of rotatable bonds is 8. The van der Waals surface area contributed by atoms with E-state index >= 15 is 0 Å². The molecule has 0 bridgehead atoms. The van der Waals surface area contributed by atoms with Gasteiger partial charge in [0.25, 0.3) is 5.56 Å². The second-order valence-electron chi connectivity index (χ2n) is 11.1. The lowest BCUT2D eigenvalue weighted by molar-refractivity contribution is -0.138. The van der Waals surface area contributed by atoms with Crippen molar-refractivity contribution in [3.05, 3.63) is 97.7 Å². The summed E-state index contributed by atoms with van der Waals surface area (Å²) in [6.07, 6.45) is 5.30. The number of likely N-dealkylation sites (tertiary alicyclic amines) is 2. The smallest absolute Gasteiger partial charge is 0.333 e. The van der Waals surface area contributed by atoms with Crippen molar-refractivity contribution in [2.45, 2.75) is 57.7 Å². The maximum atomic E-state index is 13.8. The van der Waals surface area contributed by atoms with Gasteiger partial charge in [0.05, 0.1) is 25.7 Å². The zero-order valence-corrected chi connectivity index (χ0v) is 23.4. The van der Waals surface area contributed by atoms with E-state index in [2.05, 4.69) is 0 Å². The highest BCUT2D eigenvalue weighted by Gasteiger charge is 2.35. The van der Waals surface area contributed by atoms with Crippen molar-refractivity contribution in [2.24, 2.45) is 0 Å². The maximum absolute atomic E-state index is 13.8. The Morgan fingerprint density at radius 1 is 0.762 bits per heavy atom. The van der Waals surface area contributed by atoms with E-state index in [4.69, 9.17) is 5.73 Å². The summed E-state index contributed by atoms with van der Waals surface area (Å²) in [4.78, 5) is 58.2. The molecule has 0 saturated carbocycles. The zero-order valence-electron chi connectivity index (χ0n) is 23.4. The summed E-state index contributed by atoms with van der Waals surface area (Å²) >= 11 is 0. The number of hydrogen-bond donors (Lipinski definition) is 1. The van der Waals surface area contributed by atoms with E-state index in [-0.39, 0.29) is 36.9 Å². The van der Waals surface area contributed by atoms with E-state index in [0.29, 0.717) is 37.2 Å². The number of Topliss-reactive ketones (excluding diaryl/α,β-unsaturated/α-hetero) is 1. The Bertz CT molecular complexity index is 1560. The first-order chi connectivity index (χ1) is 20.2. The monoisotopic (exact) mass is 579 g/mol. The Morgan fingerprint density at radius 2 is 1.31 bits per heavy atom. The predicted molar refractivity (Wildman–Crippen MR) is 154 cm³/mol. The standard InChI is InChI=1S/C31H35F2N5O4/c32-23-11-7-21(8-12-23)18-37-28(34)27(30(41)38(31(37)42)19-22-9-13-24(33)14-10-22)26(39)20-36-17-5-2-6-25(36)29(40)35-15-3-1-4-16-35/h7-14,25H,1-6,15-20,34H2/t25-/m1/s1. The molecule has 0 radical (unpaired) electrons. The van der Waals surface area contributed by atoms with Crippen LogP contribution in [0.2, 0.25) is 0 Å². The molecule has 11 heteroatoms. The number of benzene rings is 2. The molecule has 42 heavy (non-hydrogen) atoms. The number of ketones is 1. The van der Waals surface area contributed by atoms with E-state index in [0.717, 1.165) is 41.2 Å². The van der Waals surface area contributed by atoms with Gasteiger partial charge >= 0.3 is 5.69 Å². The number of piperidine rings is 2. The lowest BCUT2D eigenvalue weighted by Gasteiger charge is -2.38. The molecule has 0 unspecified atom stereocenters. The van der Waals surface area contributed by atoms with Crippen LogP contribution in [-0.2, 0) is 17.9 Å². The molecule has 2 N–H and O–H groups in total. The predicted octanol–water partition coefficient (Wildman–Crippen LogP) is 3.02. The molecule has 0 spiro atoms. The summed E-state index contributed by atoms with van der Waals surface area (Å²) in [7, 11) is 0. The van der Waals surface area contributed by atoms with Gasteiger partial charge in [0, 0.05) is 13.1 Å². The number of nitrogens with two attached hydrogens (primary N) is 1. The van der Waals surface area contributed by atoms with Gasteiger partial charge in [0.1, 0.15) is 23.0 Å². The molecular weight excluding hydrogens is 544 g/mol. The van der Waals surface area contributed by atoms with Crippen molar-refractivity contribution in [3.8, 4) is 0 Å². The first kappa shape index (κ1) is 29.4. The van der Waals surface area contributed by atoms with Gasteiger partial charge in [0.2, 0.25) is 5.91 Å². The third-order valence-corrected chi connectivity index (χ3v) is 8.17. The Morgan fingerprint density at radius 3 is 1.90 bits per heavy atom. The molecule has 1 aromatic heterocycles. The molecule has 3 aromatic rings. The fraction of sp³-hybridized carbons (Fsp3) is 0.419. The van der Waals surface area contributed by atoms with Crippen molar-refractivity contribution in [2.75, 3.05) is 31.9 Å². The number of hydrogen-bond acceptors (Lipinski definition) is 6. The lowest BCUT2D eigenvalue weighted by atomic mass is 9.98. The normalized spacial score (nSPS) is 17.8. The molecule has 2 saturated heterocycles. The number of anilines is 1. The lowest BCUT2D eigenvalue weighted by Crippen LogP contribution is -2.54. The van der Waals surface area contributed by atoms with Gasteiger partial charge in [-0.2, -0.15) is 0 Å². The van der Waals surface area contributed by atoms with Crippen molar-refractivity contribution in [3.63, 3.8) is 0 Å². The zero-order chi connectivity index (χ0) is 29.8. The highest BCUT2D eigenvalue weighted by Crippen LogP contribution is 2.22. The number of nitrogen functional groups attached to an aromatic ring is 1. The number of aromatic nitrogens is 2. The second-order valence-corrected chi connectivity index (χ2v) is 11.1. The van der Waals surface area contributed by atoms with Gasteiger partial charge in [-0.25, -0.2) is 13.6 Å². The molecule has 2 aliphatic rings. The third-order valence-electron chi connectivity index (χ3n) is 8.17. The highest BCUT2D eigenvalue weighted by atomic mass is 19.1. The van der Waals surface area contributed by atoms with E-state index in [1.165, 1.54) is 48.5 Å². The number of carbonyl (C=O) groups excluding carboxylic acids is 2. The van der Waals surface area contributed by atoms with Gasteiger partial charge < -0.3 is 10.6 Å². The SMILES string of the molecule is Nc1c(C(=O)CN2CCCC[C@@H]2C(=O)N2CCCCC2)c(=O)n(Cc2ccc(F)cc2)c(=O)n1Cc1ccc(F)cc1. The van der Waals surface area contributed by atoms with Crippen LogP contribution in [0.5, 0.6) is 0 Å². The van der Waals surface area contributed by atoms with Crippen LogP contribution < -0.4 is 17.0 Å². The number of nitrogens with zero attached hydrogens (tertiary/aromatic N) is 4. The quantitative estimate of drug-likeness (QED) is 0.411. The van der Waals surface area contributed by atoms with Crippen molar-refractivity contribution < 1.29 is 18.4 Å². The van der Waals surface area contributed by atoms with Crippen LogP contribution >= 0.6 is 0 Å². The summed E-state index contributed by atoms with van der Waals surface area (Å²) in [5.41, 5.74) is 5.46. The fourth-order valence-electron chi connectivity index (χ4n) is 5.86. The minimum atomic E-state index is -0.849. The molecule has 1 amide bonds. The highest BCUT2D eigenvalue weighted by molar-refractivity contribution is 6.01. The maximum Gasteiger partial charge on any atom is 0.333 e. The molecule has 9 nitrogen and oxygen atoms in total. The summed E-state index contributed by atoms with van der Waals surface area (Å²) in [6, 6.07) is 10.3. The van der Waals surface area contributed by atoms with Crippen LogP contribution in [0, 0.1) is 11.6 Å². The summed E-state index contributed by atoms with van der Waals surface area (Å²) in [6.45, 7) is 1.42. The molecule has 0 aliphatic carbocycles. The fourth-order valence-corrected chi connectivity index (χ4v) is 5.86. The number of halogens is 2. The largest absolute Gasteiger partial charge is 0.384 e. The Kier molecular flexibility index (Phi) is 8.96. The molecule has 2 aromatic carbocycles. The van der Waals surface area contributed by atoms with Crippen LogP contribution in [0.15, 0.2) is 58.1 Å². The van der Waals surface area contributed by atoms with Gasteiger partial charge in [-0.1, -0.05) is 30.7 Å². The van der Waals surface area contributed by atoms with E-state index in [9.17, 15) is 28.0 Å². The molecule has 2 aliphatic heterocycles. The van der Waals surface area contributed by atoms with Gasteiger partial charge in [-0.3, -0.25) is 28.4 Å². The number of amides is 1. The molecular formula is C31H35F2N5O4. The average molecular weight is 580 g/mol. The van der Waals surface area contributed by atoms with E-state index < -0.39 is 34.7 Å². The molecule has 5 rings (SSSR count). The molecule has 2 fully saturated rings. The minimum absolute atomic E-state index is 0.00479.